The van der Waals surface area contributed by atoms with E-state index < -0.39 is 0 Å². The highest BCUT2D eigenvalue weighted by molar-refractivity contribution is 8.00. The van der Waals surface area contributed by atoms with Crippen LogP contribution in [0.5, 0.6) is 0 Å². The molecule has 1 fully saturated rings. The van der Waals surface area contributed by atoms with Crippen molar-refractivity contribution < 1.29 is 4.79 Å². The van der Waals surface area contributed by atoms with Gasteiger partial charge in [-0.3, -0.25) is 4.79 Å². The molecule has 4 heteroatoms. The van der Waals surface area contributed by atoms with Crippen molar-refractivity contribution in [2.24, 2.45) is 0 Å². The van der Waals surface area contributed by atoms with E-state index in [1.807, 2.05) is 36.9 Å². The van der Waals surface area contributed by atoms with Crippen molar-refractivity contribution in [3.63, 3.8) is 0 Å². The summed E-state index contributed by atoms with van der Waals surface area (Å²) in [5.41, 5.74) is 8.07. The molecule has 104 valence electrons. The summed E-state index contributed by atoms with van der Waals surface area (Å²) in [6.07, 6.45) is 7.08. The van der Waals surface area contributed by atoms with E-state index in [0.29, 0.717) is 11.3 Å². The van der Waals surface area contributed by atoms with Crippen LogP contribution in [-0.4, -0.2) is 23.5 Å². The molecule has 1 aromatic carbocycles. The number of hydrogen-bond acceptors (Lipinski definition) is 3. The van der Waals surface area contributed by atoms with Crippen LogP contribution in [0.4, 0.5) is 5.69 Å². The van der Waals surface area contributed by atoms with E-state index in [2.05, 4.69) is 11.6 Å². The molecule has 1 aromatic rings. The number of thioether (sulfide) groups is 1. The fraction of sp³-hybridized carbons (Fsp3) is 0.533. The Hall–Kier alpha value is -1.16. The van der Waals surface area contributed by atoms with Crippen LogP contribution in [0, 0.1) is 6.92 Å². The Labute approximate surface area is 119 Å². The van der Waals surface area contributed by atoms with Gasteiger partial charge < -0.3 is 11.1 Å². The minimum atomic E-state index is -0.00914. The van der Waals surface area contributed by atoms with Crippen LogP contribution in [0.25, 0.3) is 0 Å². The molecule has 1 aliphatic rings. The predicted octanol–water partition coefficient (Wildman–Crippen LogP) is 2.98. The Morgan fingerprint density at radius 1 is 1.42 bits per heavy atom. The molecular formula is C15H22N2OS. The van der Waals surface area contributed by atoms with Crippen molar-refractivity contribution in [2.45, 2.75) is 37.4 Å². The van der Waals surface area contributed by atoms with E-state index in [1.165, 1.54) is 25.7 Å². The number of nitrogens with one attached hydrogen (secondary N) is 1. The van der Waals surface area contributed by atoms with Gasteiger partial charge in [0.05, 0.1) is 0 Å². The molecule has 0 heterocycles. The lowest BCUT2D eigenvalue weighted by molar-refractivity contribution is 0.0949. The number of nitrogen functional groups attached to an aromatic ring is 1. The van der Waals surface area contributed by atoms with Gasteiger partial charge in [-0.05, 0) is 43.7 Å². The van der Waals surface area contributed by atoms with Gasteiger partial charge in [0, 0.05) is 22.5 Å². The van der Waals surface area contributed by atoms with Gasteiger partial charge in [0.25, 0.3) is 5.91 Å². The fourth-order valence-corrected chi connectivity index (χ4v) is 3.62. The molecule has 0 saturated heterocycles. The second-order valence-corrected chi connectivity index (χ2v) is 6.57. The third-order valence-corrected chi connectivity index (χ3v) is 5.56. The molecule has 0 unspecified atom stereocenters. The molecule has 1 amide bonds. The first-order valence-electron chi connectivity index (χ1n) is 6.76. The Bertz CT molecular complexity index is 467. The van der Waals surface area contributed by atoms with Crippen LogP contribution < -0.4 is 11.1 Å². The van der Waals surface area contributed by atoms with Crippen molar-refractivity contribution in [1.82, 2.24) is 5.32 Å². The number of anilines is 1. The number of amides is 1. The molecule has 1 saturated carbocycles. The summed E-state index contributed by atoms with van der Waals surface area (Å²) in [4.78, 5) is 12.3. The average molecular weight is 278 g/mol. The predicted molar refractivity (Wildman–Crippen MR) is 82.6 cm³/mol. The van der Waals surface area contributed by atoms with Crippen LogP contribution >= 0.6 is 11.8 Å². The van der Waals surface area contributed by atoms with Crippen LogP contribution in [0.2, 0.25) is 0 Å². The summed E-state index contributed by atoms with van der Waals surface area (Å²) in [5, 5.41) is 3.09. The van der Waals surface area contributed by atoms with E-state index in [4.69, 9.17) is 5.73 Å². The van der Waals surface area contributed by atoms with Crippen LogP contribution in [0.15, 0.2) is 18.2 Å². The van der Waals surface area contributed by atoms with Crippen molar-refractivity contribution in [3.8, 4) is 0 Å². The number of hydrogen-bond donors (Lipinski definition) is 2. The van der Waals surface area contributed by atoms with E-state index >= 15 is 0 Å². The maximum atomic E-state index is 12.3. The maximum absolute atomic E-state index is 12.3. The van der Waals surface area contributed by atoms with E-state index in [-0.39, 0.29) is 10.7 Å². The van der Waals surface area contributed by atoms with E-state index in [9.17, 15) is 4.79 Å². The van der Waals surface area contributed by atoms with Crippen LogP contribution in [0.3, 0.4) is 0 Å². The van der Waals surface area contributed by atoms with Gasteiger partial charge in [-0.1, -0.05) is 18.9 Å². The lowest BCUT2D eigenvalue weighted by Crippen LogP contribution is -2.38. The van der Waals surface area contributed by atoms with E-state index in [0.717, 1.165) is 12.1 Å². The smallest absolute Gasteiger partial charge is 0.251 e. The number of rotatable bonds is 4. The van der Waals surface area contributed by atoms with Gasteiger partial charge in [-0.25, -0.2) is 0 Å². The molecule has 2 rings (SSSR count). The zero-order valence-corrected chi connectivity index (χ0v) is 12.5. The van der Waals surface area contributed by atoms with Crippen molar-refractivity contribution in [2.75, 3.05) is 18.5 Å². The Kier molecular flexibility index (Phi) is 4.40. The lowest BCUT2D eigenvalue weighted by Gasteiger charge is -2.27. The zero-order chi connectivity index (χ0) is 13.9. The third kappa shape index (κ3) is 3.06. The highest BCUT2D eigenvalue weighted by Crippen LogP contribution is 2.39. The highest BCUT2D eigenvalue weighted by atomic mass is 32.2. The van der Waals surface area contributed by atoms with Gasteiger partial charge in [0.15, 0.2) is 0 Å². The second kappa shape index (κ2) is 5.87. The first-order valence-corrected chi connectivity index (χ1v) is 7.99. The standard InChI is InChI=1S/C15H22N2OS/c1-11-12(6-5-7-13(11)16)14(18)17-10-15(19-2)8-3-4-9-15/h5-7H,3-4,8-10,16H2,1-2H3,(H,17,18). The Morgan fingerprint density at radius 2 is 2.11 bits per heavy atom. The fourth-order valence-electron chi connectivity index (χ4n) is 2.71. The first-order chi connectivity index (χ1) is 9.08. The molecule has 0 aromatic heterocycles. The topological polar surface area (TPSA) is 55.1 Å². The quantitative estimate of drug-likeness (QED) is 0.833. The van der Waals surface area contributed by atoms with Gasteiger partial charge in [-0.2, -0.15) is 11.8 Å². The third-order valence-electron chi connectivity index (χ3n) is 4.14. The van der Waals surface area contributed by atoms with Gasteiger partial charge in [0.2, 0.25) is 0 Å². The largest absolute Gasteiger partial charge is 0.398 e. The normalized spacial score (nSPS) is 17.4. The minimum absolute atomic E-state index is 0.00914. The summed E-state index contributed by atoms with van der Waals surface area (Å²) in [5.74, 6) is -0.00914. The number of benzene rings is 1. The second-order valence-electron chi connectivity index (χ2n) is 5.30. The zero-order valence-electron chi connectivity index (χ0n) is 11.7. The van der Waals surface area contributed by atoms with Crippen LogP contribution in [-0.2, 0) is 0 Å². The summed E-state index contributed by atoms with van der Waals surface area (Å²) < 4.78 is 0.240. The number of carbonyl (C=O) groups is 1. The highest BCUT2D eigenvalue weighted by Gasteiger charge is 2.33. The summed E-state index contributed by atoms with van der Waals surface area (Å²) in [6.45, 7) is 2.64. The van der Waals surface area contributed by atoms with Crippen LogP contribution in [0.1, 0.15) is 41.6 Å². The minimum Gasteiger partial charge on any atom is -0.398 e. The van der Waals surface area contributed by atoms with Crippen molar-refractivity contribution in [3.05, 3.63) is 29.3 Å². The molecule has 3 nitrogen and oxygen atoms in total. The first kappa shape index (κ1) is 14.3. The van der Waals surface area contributed by atoms with Gasteiger partial charge in [-0.15, -0.1) is 0 Å². The summed E-state index contributed by atoms with van der Waals surface area (Å²) in [7, 11) is 0. The molecule has 1 aliphatic carbocycles. The summed E-state index contributed by atoms with van der Waals surface area (Å²) in [6, 6.07) is 5.49. The lowest BCUT2D eigenvalue weighted by atomic mass is 10.0. The summed E-state index contributed by atoms with van der Waals surface area (Å²) >= 11 is 1.88. The molecule has 0 bridgehead atoms. The number of nitrogens with two attached hydrogens (primary N) is 1. The monoisotopic (exact) mass is 278 g/mol. The molecule has 0 radical (unpaired) electrons. The van der Waals surface area contributed by atoms with Crippen molar-refractivity contribution in [1.29, 1.82) is 0 Å². The Balaban J connectivity index is 2.03. The SMILES string of the molecule is CSC1(CNC(=O)c2cccc(N)c2C)CCCC1. The van der Waals surface area contributed by atoms with Gasteiger partial charge >= 0.3 is 0 Å². The molecule has 3 N–H and O–H groups in total. The molecule has 19 heavy (non-hydrogen) atoms. The molecular weight excluding hydrogens is 256 g/mol. The van der Waals surface area contributed by atoms with Gasteiger partial charge in [0.1, 0.15) is 0 Å². The van der Waals surface area contributed by atoms with E-state index in [1.54, 1.807) is 0 Å². The Morgan fingerprint density at radius 3 is 2.74 bits per heavy atom. The van der Waals surface area contributed by atoms with Crippen molar-refractivity contribution >= 4 is 23.4 Å². The molecule has 0 aliphatic heterocycles. The average Bonchev–Trinajstić information content (AvgIpc) is 2.89. The number of carbonyl (C=O) groups excluding carboxylic acids is 1. The molecule has 0 spiro atoms. The maximum Gasteiger partial charge on any atom is 0.251 e. The molecule has 0 atom stereocenters.